The number of carbonyl (C=O) groups is 1. The number of rotatable bonds is 2. The van der Waals surface area contributed by atoms with Crippen LogP contribution in [0.25, 0.3) is 0 Å². The number of hydrogen-bond acceptors (Lipinski definition) is 4. The molecule has 0 radical (unpaired) electrons. The minimum Gasteiger partial charge on any atom is -0.268 e. The molecule has 7 heteroatoms. The van der Waals surface area contributed by atoms with Gasteiger partial charge in [0.1, 0.15) is 10.8 Å². The summed E-state index contributed by atoms with van der Waals surface area (Å²) in [4.78, 5) is 11.8. The summed E-state index contributed by atoms with van der Waals surface area (Å²) in [6, 6.07) is 5.98. The monoisotopic (exact) mass is 259 g/mol. The topological polar surface area (TPSA) is 71.5 Å². The van der Waals surface area contributed by atoms with Gasteiger partial charge in [0.2, 0.25) is 0 Å². The second kappa shape index (κ2) is 3.67. The molecule has 1 aromatic carbocycles. The average molecular weight is 259 g/mol. The molecule has 0 saturated carbocycles. The molecule has 1 aliphatic rings. The van der Waals surface area contributed by atoms with Crippen LogP contribution in [-0.2, 0) is 20.8 Å². The van der Waals surface area contributed by atoms with E-state index in [0.29, 0.717) is 4.31 Å². The standard InChI is InChI=1S/C9H9NO4S2/c1-15(12)6-10-9(11)7-4-2-3-5-8(7)16(10,13)14/h2-5H,6H2,1H3. The third-order valence-electron chi connectivity index (χ3n) is 2.21. The average Bonchev–Trinajstić information content (AvgIpc) is 2.41. The lowest BCUT2D eigenvalue weighted by Gasteiger charge is -2.12. The molecule has 0 spiro atoms. The maximum Gasteiger partial charge on any atom is 0.269 e. The number of amides is 1. The van der Waals surface area contributed by atoms with E-state index in [1.807, 2.05) is 0 Å². The second-order valence-corrected chi connectivity index (χ2v) is 6.59. The van der Waals surface area contributed by atoms with Gasteiger partial charge in [-0.05, 0) is 12.1 Å². The van der Waals surface area contributed by atoms with Crippen LogP contribution in [0.3, 0.4) is 0 Å². The zero-order valence-corrected chi connectivity index (χ0v) is 10.0. The molecule has 0 aliphatic carbocycles. The van der Waals surface area contributed by atoms with Gasteiger partial charge in [0.25, 0.3) is 15.9 Å². The van der Waals surface area contributed by atoms with Crippen molar-refractivity contribution in [2.24, 2.45) is 0 Å². The van der Waals surface area contributed by atoms with E-state index in [0.717, 1.165) is 0 Å². The number of hydrogen-bond donors (Lipinski definition) is 0. The van der Waals surface area contributed by atoms with E-state index in [-0.39, 0.29) is 16.3 Å². The van der Waals surface area contributed by atoms with Crippen LogP contribution in [-0.4, -0.2) is 35.0 Å². The summed E-state index contributed by atoms with van der Waals surface area (Å²) in [5, 5.41) is 0. The van der Waals surface area contributed by atoms with Gasteiger partial charge in [-0.3, -0.25) is 9.00 Å². The third kappa shape index (κ3) is 1.56. The molecule has 0 bridgehead atoms. The van der Waals surface area contributed by atoms with Crippen LogP contribution in [0, 0.1) is 0 Å². The fourth-order valence-electron chi connectivity index (χ4n) is 1.52. The molecule has 5 nitrogen and oxygen atoms in total. The SMILES string of the molecule is CS(=O)CN1C(=O)c2ccccc2S1(=O)=O. The van der Waals surface area contributed by atoms with Crippen molar-refractivity contribution < 1.29 is 17.4 Å². The van der Waals surface area contributed by atoms with Gasteiger partial charge in [-0.15, -0.1) is 0 Å². The van der Waals surface area contributed by atoms with E-state index in [1.165, 1.54) is 18.4 Å². The number of carbonyl (C=O) groups excluding carboxylic acids is 1. The van der Waals surface area contributed by atoms with Crippen LogP contribution in [0.5, 0.6) is 0 Å². The highest BCUT2D eigenvalue weighted by atomic mass is 32.2. The predicted molar refractivity (Wildman–Crippen MR) is 58.7 cm³/mol. The van der Waals surface area contributed by atoms with Crippen LogP contribution in [0.15, 0.2) is 29.2 Å². The number of fused-ring (bicyclic) bond motifs is 1. The smallest absolute Gasteiger partial charge is 0.268 e. The number of sulfonamides is 1. The third-order valence-corrected chi connectivity index (χ3v) is 4.78. The molecule has 1 aliphatic heterocycles. The van der Waals surface area contributed by atoms with Crippen LogP contribution in [0.1, 0.15) is 10.4 Å². The van der Waals surface area contributed by atoms with E-state index in [4.69, 9.17) is 0 Å². The van der Waals surface area contributed by atoms with Crippen molar-refractivity contribution in [2.45, 2.75) is 4.90 Å². The Morgan fingerprint density at radius 3 is 2.50 bits per heavy atom. The van der Waals surface area contributed by atoms with E-state index < -0.39 is 26.7 Å². The molecule has 0 saturated heterocycles. The summed E-state index contributed by atoms with van der Waals surface area (Å²) in [5.74, 6) is -0.902. The highest BCUT2D eigenvalue weighted by molar-refractivity contribution is 7.91. The normalized spacial score (nSPS) is 19.6. The fraction of sp³-hybridized carbons (Fsp3) is 0.222. The molecule has 1 aromatic rings. The van der Waals surface area contributed by atoms with Gasteiger partial charge in [-0.1, -0.05) is 12.1 Å². The van der Waals surface area contributed by atoms with Gasteiger partial charge in [-0.2, -0.15) is 0 Å². The molecule has 0 N–H and O–H groups in total. The molecule has 1 heterocycles. The summed E-state index contributed by atoms with van der Waals surface area (Å²) in [7, 11) is -5.18. The van der Waals surface area contributed by atoms with Gasteiger partial charge < -0.3 is 0 Å². The van der Waals surface area contributed by atoms with Crippen LogP contribution >= 0.6 is 0 Å². The van der Waals surface area contributed by atoms with E-state index in [2.05, 4.69) is 0 Å². The molecule has 0 fully saturated rings. The fourth-order valence-corrected chi connectivity index (χ4v) is 4.21. The van der Waals surface area contributed by atoms with Crippen molar-refractivity contribution in [3.05, 3.63) is 29.8 Å². The predicted octanol–water partition coefficient (Wildman–Crippen LogP) is 0.167. The molecule has 86 valence electrons. The lowest BCUT2D eigenvalue weighted by atomic mass is 10.2. The van der Waals surface area contributed by atoms with Crippen molar-refractivity contribution in [1.29, 1.82) is 0 Å². The molecule has 1 atom stereocenters. The Morgan fingerprint density at radius 2 is 1.94 bits per heavy atom. The summed E-state index contributed by atoms with van der Waals surface area (Å²) in [6.45, 7) is 0. The van der Waals surface area contributed by atoms with E-state index >= 15 is 0 Å². The van der Waals surface area contributed by atoms with E-state index in [9.17, 15) is 17.4 Å². The molecular weight excluding hydrogens is 250 g/mol. The zero-order valence-electron chi connectivity index (χ0n) is 8.41. The first-order valence-electron chi connectivity index (χ1n) is 4.40. The maximum atomic E-state index is 11.9. The Hall–Kier alpha value is -1.21. The Balaban J connectivity index is 2.58. The second-order valence-electron chi connectivity index (χ2n) is 3.36. The summed E-state index contributed by atoms with van der Waals surface area (Å²) < 4.78 is 35.5. The molecule has 1 amide bonds. The van der Waals surface area contributed by atoms with Crippen molar-refractivity contribution >= 4 is 26.7 Å². The van der Waals surface area contributed by atoms with Crippen molar-refractivity contribution in [3.63, 3.8) is 0 Å². The quantitative estimate of drug-likeness (QED) is 0.759. The minimum absolute atomic E-state index is 0.00884. The first kappa shape index (κ1) is 11.3. The van der Waals surface area contributed by atoms with Gasteiger partial charge in [0.05, 0.1) is 5.56 Å². The lowest BCUT2D eigenvalue weighted by Crippen LogP contribution is -2.32. The highest BCUT2D eigenvalue weighted by Crippen LogP contribution is 2.29. The van der Waals surface area contributed by atoms with Gasteiger partial charge >= 0.3 is 0 Å². The molecule has 16 heavy (non-hydrogen) atoms. The van der Waals surface area contributed by atoms with Gasteiger partial charge in [0.15, 0.2) is 0 Å². The highest BCUT2D eigenvalue weighted by Gasteiger charge is 2.41. The summed E-state index contributed by atoms with van der Waals surface area (Å²) in [6.07, 6.45) is 1.35. The Kier molecular flexibility index (Phi) is 2.59. The Labute approximate surface area is 95.6 Å². The van der Waals surface area contributed by atoms with Crippen molar-refractivity contribution in [2.75, 3.05) is 12.1 Å². The zero-order chi connectivity index (χ0) is 11.9. The number of benzene rings is 1. The van der Waals surface area contributed by atoms with Crippen LogP contribution in [0.2, 0.25) is 0 Å². The van der Waals surface area contributed by atoms with Crippen molar-refractivity contribution in [3.8, 4) is 0 Å². The molecule has 1 unspecified atom stereocenters. The Bertz CT molecular complexity index is 579. The minimum atomic E-state index is -3.80. The summed E-state index contributed by atoms with van der Waals surface area (Å²) >= 11 is 0. The summed E-state index contributed by atoms with van der Waals surface area (Å²) in [5.41, 5.74) is 0.146. The van der Waals surface area contributed by atoms with Crippen molar-refractivity contribution in [1.82, 2.24) is 4.31 Å². The first-order valence-corrected chi connectivity index (χ1v) is 7.57. The maximum absolute atomic E-state index is 11.9. The first-order chi connectivity index (χ1) is 7.44. The molecule has 2 rings (SSSR count). The van der Waals surface area contributed by atoms with E-state index in [1.54, 1.807) is 12.1 Å². The molecular formula is C9H9NO4S2. The number of nitrogens with zero attached hydrogens (tertiary/aromatic N) is 1. The largest absolute Gasteiger partial charge is 0.269 e. The van der Waals surface area contributed by atoms with Crippen LogP contribution in [0.4, 0.5) is 0 Å². The van der Waals surface area contributed by atoms with Crippen LogP contribution < -0.4 is 0 Å². The lowest BCUT2D eigenvalue weighted by molar-refractivity contribution is 0.0886. The molecule has 0 aromatic heterocycles. The van der Waals surface area contributed by atoms with Gasteiger partial charge in [0, 0.05) is 17.1 Å². The Morgan fingerprint density at radius 1 is 1.31 bits per heavy atom. The van der Waals surface area contributed by atoms with Gasteiger partial charge in [-0.25, -0.2) is 12.7 Å².